The Balaban J connectivity index is 0.000000323. The van der Waals surface area contributed by atoms with Gasteiger partial charge in [-0.2, -0.15) is 0 Å². The number of primary amides is 1. The molecular formula is C21H27N3O6. The molecule has 0 saturated heterocycles. The van der Waals surface area contributed by atoms with Crippen molar-refractivity contribution in [1.29, 1.82) is 0 Å². The zero-order valence-electron chi connectivity index (χ0n) is 17.2. The number of fused-ring (bicyclic) bond motifs is 1. The summed E-state index contributed by atoms with van der Waals surface area (Å²) in [4.78, 5) is 43.5. The molecule has 0 aliphatic carbocycles. The molecule has 1 aromatic carbocycles. The van der Waals surface area contributed by atoms with Crippen molar-refractivity contribution in [3.8, 4) is 0 Å². The van der Waals surface area contributed by atoms with E-state index in [1.807, 2.05) is 19.9 Å². The van der Waals surface area contributed by atoms with Gasteiger partial charge in [0.1, 0.15) is 5.76 Å². The van der Waals surface area contributed by atoms with Gasteiger partial charge in [-0.05, 0) is 30.7 Å². The van der Waals surface area contributed by atoms with Crippen LogP contribution in [0.4, 0.5) is 5.69 Å². The van der Waals surface area contributed by atoms with Crippen LogP contribution < -0.4 is 16.4 Å². The number of nitrogens with two attached hydrogens (primary N) is 1. The predicted molar refractivity (Wildman–Crippen MR) is 111 cm³/mol. The second-order valence-electron chi connectivity index (χ2n) is 6.19. The van der Waals surface area contributed by atoms with Gasteiger partial charge in [-0.1, -0.05) is 26.8 Å². The Hall–Kier alpha value is -3.62. The maximum absolute atomic E-state index is 11.7. The highest BCUT2D eigenvalue weighted by atomic mass is 16.4. The Kier molecular flexibility index (Phi) is 9.81. The van der Waals surface area contributed by atoms with Gasteiger partial charge in [-0.3, -0.25) is 24.5 Å². The molecule has 1 unspecified atom stereocenters. The molecular weight excluding hydrogens is 390 g/mol. The molecule has 1 aliphatic heterocycles. The smallest absolute Gasteiger partial charge is 0.306 e. The molecule has 3 rings (SSSR count). The Morgan fingerprint density at radius 3 is 2.43 bits per heavy atom. The van der Waals surface area contributed by atoms with E-state index in [-0.39, 0.29) is 18.2 Å². The number of hydrogen-bond donors (Lipinski definition) is 4. The van der Waals surface area contributed by atoms with E-state index >= 15 is 0 Å². The number of carbonyl (C=O) groups is 4. The zero-order chi connectivity index (χ0) is 22.7. The van der Waals surface area contributed by atoms with Crippen LogP contribution in [0.3, 0.4) is 0 Å². The first-order chi connectivity index (χ1) is 14.3. The van der Waals surface area contributed by atoms with Gasteiger partial charge in [0.2, 0.25) is 5.91 Å². The summed E-state index contributed by atoms with van der Waals surface area (Å²) in [6.45, 7) is 6.01. The normalized spacial score (nSPS) is 12.4. The first-order valence-electron chi connectivity index (χ1n) is 9.55. The Bertz CT molecular complexity index is 877. The quantitative estimate of drug-likeness (QED) is 0.505. The van der Waals surface area contributed by atoms with Crippen molar-refractivity contribution in [2.75, 3.05) is 5.32 Å². The third kappa shape index (κ3) is 7.08. The average molecular weight is 417 g/mol. The number of furan rings is 1. The van der Waals surface area contributed by atoms with Crippen molar-refractivity contribution in [2.45, 2.75) is 40.2 Å². The summed E-state index contributed by atoms with van der Waals surface area (Å²) in [5.41, 5.74) is 6.24. The SMILES string of the molecule is CC.CC(CCC(N)=O)C(=O)O.O=C1NC(=O)c2c(NCc3ccco3)cccc21. The van der Waals surface area contributed by atoms with Crippen LogP contribution in [0.15, 0.2) is 41.0 Å². The fourth-order valence-electron chi connectivity index (χ4n) is 2.44. The minimum absolute atomic E-state index is 0.146. The highest BCUT2D eigenvalue weighted by Crippen LogP contribution is 2.24. The van der Waals surface area contributed by atoms with Crippen LogP contribution in [0, 0.1) is 5.92 Å². The van der Waals surface area contributed by atoms with Gasteiger partial charge in [0, 0.05) is 12.1 Å². The van der Waals surface area contributed by atoms with Gasteiger partial charge < -0.3 is 20.6 Å². The summed E-state index contributed by atoms with van der Waals surface area (Å²) in [7, 11) is 0. The van der Waals surface area contributed by atoms with Crippen molar-refractivity contribution in [3.63, 3.8) is 0 Å². The molecule has 2 heterocycles. The van der Waals surface area contributed by atoms with Crippen LogP contribution in [0.2, 0.25) is 0 Å². The number of carboxylic acids is 1. The van der Waals surface area contributed by atoms with Crippen molar-refractivity contribution >= 4 is 29.4 Å². The van der Waals surface area contributed by atoms with E-state index in [1.165, 1.54) is 0 Å². The number of nitrogens with one attached hydrogen (secondary N) is 2. The highest BCUT2D eigenvalue weighted by molar-refractivity contribution is 6.23. The van der Waals surface area contributed by atoms with Crippen LogP contribution >= 0.6 is 0 Å². The summed E-state index contributed by atoms with van der Waals surface area (Å²) in [6.07, 6.45) is 2.06. The van der Waals surface area contributed by atoms with Crippen LogP contribution in [0.5, 0.6) is 0 Å². The molecule has 0 radical (unpaired) electrons. The summed E-state index contributed by atoms with van der Waals surface area (Å²) >= 11 is 0. The van der Waals surface area contributed by atoms with Crippen LogP contribution in [0.1, 0.15) is 60.1 Å². The lowest BCUT2D eigenvalue weighted by atomic mass is 10.1. The lowest BCUT2D eigenvalue weighted by molar-refractivity contribution is -0.141. The van der Waals surface area contributed by atoms with Gasteiger partial charge in [-0.15, -0.1) is 0 Å². The zero-order valence-corrected chi connectivity index (χ0v) is 17.2. The lowest BCUT2D eigenvalue weighted by Crippen LogP contribution is -2.20. The largest absolute Gasteiger partial charge is 0.481 e. The monoisotopic (exact) mass is 417 g/mol. The van der Waals surface area contributed by atoms with Crippen LogP contribution in [-0.4, -0.2) is 28.8 Å². The third-order valence-corrected chi connectivity index (χ3v) is 4.04. The summed E-state index contributed by atoms with van der Waals surface area (Å²) < 4.78 is 5.19. The van der Waals surface area contributed by atoms with E-state index in [2.05, 4.69) is 10.6 Å². The van der Waals surface area contributed by atoms with Crippen molar-refractivity contribution < 1.29 is 28.7 Å². The molecule has 1 aliphatic rings. The third-order valence-electron chi connectivity index (χ3n) is 4.04. The van der Waals surface area contributed by atoms with E-state index < -0.39 is 17.8 Å². The second kappa shape index (κ2) is 12.1. The van der Waals surface area contributed by atoms with Crippen LogP contribution in [-0.2, 0) is 16.1 Å². The summed E-state index contributed by atoms with van der Waals surface area (Å²) in [6, 6.07) is 8.76. The molecule has 9 nitrogen and oxygen atoms in total. The van der Waals surface area contributed by atoms with Crippen molar-refractivity contribution in [3.05, 3.63) is 53.5 Å². The molecule has 0 saturated carbocycles. The van der Waals surface area contributed by atoms with Crippen molar-refractivity contribution in [1.82, 2.24) is 5.32 Å². The maximum Gasteiger partial charge on any atom is 0.306 e. The number of benzene rings is 1. The molecule has 162 valence electrons. The summed E-state index contributed by atoms with van der Waals surface area (Å²) in [5.74, 6) is -1.77. The molecule has 2 aromatic rings. The van der Waals surface area contributed by atoms with E-state index in [0.717, 1.165) is 5.76 Å². The standard InChI is InChI=1S/C13H10N2O3.C6H11NO3.C2H6/c16-12-9-4-1-5-10(11(9)13(17)15-12)14-7-8-3-2-6-18-8;1-4(6(9)10)2-3-5(7)8;1-2/h1-6,14H,7H2,(H,15,16,17);4H,2-3H2,1H3,(H2,7,8)(H,9,10);1-2H3. The van der Waals surface area contributed by atoms with E-state index in [0.29, 0.717) is 29.8 Å². The topological polar surface area (TPSA) is 152 Å². The van der Waals surface area contributed by atoms with Gasteiger partial charge >= 0.3 is 5.97 Å². The highest BCUT2D eigenvalue weighted by Gasteiger charge is 2.29. The van der Waals surface area contributed by atoms with Gasteiger partial charge in [0.05, 0.1) is 29.9 Å². The van der Waals surface area contributed by atoms with E-state index in [4.69, 9.17) is 15.3 Å². The average Bonchev–Trinajstić information content (AvgIpc) is 3.35. The molecule has 0 bridgehead atoms. The number of amides is 3. The Morgan fingerprint density at radius 2 is 1.87 bits per heavy atom. The number of imide groups is 1. The first kappa shape index (κ1) is 24.4. The minimum atomic E-state index is -0.888. The number of aliphatic carboxylic acids is 1. The van der Waals surface area contributed by atoms with Crippen molar-refractivity contribution in [2.24, 2.45) is 11.7 Å². The number of anilines is 1. The van der Waals surface area contributed by atoms with Gasteiger partial charge in [0.15, 0.2) is 0 Å². The predicted octanol–water partition coefficient (Wildman–Crippen LogP) is 2.77. The molecule has 3 amide bonds. The van der Waals surface area contributed by atoms with E-state index in [1.54, 1.807) is 37.5 Å². The number of rotatable bonds is 7. The van der Waals surface area contributed by atoms with Gasteiger partial charge in [-0.25, -0.2) is 0 Å². The molecule has 30 heavy (non-hydrogen) atoms. The van der Waals surface area contributed by atoms with Gasteiger partial charge in [0.25, 0.3) is 11.8 Å². The molecule has 5 N–H and O–H groups in total. The first-order valence-corrected chi connectivity index (χ1v) is 9.55. The molecule has 0 fully saturated rings. The number of hydrogen-bond acceptors (Lipinski definition) is 6. The number of carbonyl (C=O) groups excluding carboxylic acids is 3. The Labute approximate surface area is 174 Å². The number of carboxylic acid groups (broad SMARTS) is 1. The molecule has 1 atom stereocenters. The fraction of sp³-hybridized carbons (Fsp3) is 0.333. The Morgan fingerprint density at radius 1 is 1.17 bits per heavy atom. The second-order valence-corrected chi connectivity index (χ2v) is 6.19. The fourth-order valence-corrected chi connectivity index (χ4v) is 2.44. The molecule has 1 aromatic heterocycles. The molecule has 9 heteroatoms. The maximum atomic E-state index is 11.7. The lowest BCUT2D eigenvalue weighted by Gasteiger charge is -2.07. The molecule has 0 spiro atoms. The van der Waals surface area contributed by atoms with Crippen LogP contribution in [0.25, 0.3) is 0 Å². The summed E-state index contributed by atoms with van der Waals surface area (Å²) in [5, 5.41) is 13.7. The van der Waals surface area contributed by atoms with E-state index in [9.17, 15) is 19.2 Å². The minimum Gasteiger partial charge on any atom is -0.481 e.